The molecular formula is C12H24ClN3O. The third-order valence-corrected chi connectivity index (χ3v) is 3.90. The normalized spacial score (nSPS) is 25.2. The number of likely N-dealkylation sites (N-methyl/N-ethyl adjacent to an activating group) is 2. The average molecular weight is 262 g/mol. The van der Waals surface area contributed by atoms with Gasteiger partial charge in [-0.2, -0.15) is 0 Å². The van der Waals surface area contributed by atoms with Crippen molar-refractivity contribution in [3.8, 4) is 0 Å². The highest BCUT2D eigenvalue weighted by Crippen LogP contribution is 2.18. The fourth-order valence-corrected chi connectivity index (χ4v) is 2.70. The highest BCUT2D eigenvalue weighted by Gasteiger charge is 2.30. The van der Waals surface area contributed by atoms with Crippen LogP contribution in [0.25, 0.3) is 0 Å². The molecule has 0 aromatic carbocycles. The van der Waals surface area contributed by atoms with Gasteiger partial charge in [-0.25, -0.2) is 0 Å². The van der Waals surface area contributed by atoms with Crippen LogP contribution in [0.1, 0.15) is 19.8 Å². The van der Waals surface area contributed by atoms with Crippen molar-refractivity contribution in [2.75, 3.05) is 39.8 Å². The summed E-state index contributed by atoms with van der Waals surface area (Å²) in [4.78, 5) is 16.4. The van der Waals surface area contributed by atoms with Gasteiger partial charge in [-0.1, -0.05) is 6.92 Å². The third-order valence-electron chi connectivity index (χ3n) is 3.90. The molecular weight excluding hydrogens is 238 g/mol. The largest absolute Gasteiger partial charge is 0.344 e. The van der Waals surface area contributed by atoms with Crippen LogP contribution in [0.3, 0.4) is 0 Å². The third kappa shape index (κ3) is 3.33. The van der Waals surface area contributed by atoms with E-state index in [4.69, 9.17) is 0 Å². The summed E-state index contributed by atoms with van der Waals surface area (Å²) in [7, 11) is 1.95. The molecule has 0 aromatic rings. The Balaban J connectivity index is 0.00000144. The number of carbonyl (C=O) groups excluding carboxylic acids is 1. The minimum Gasteiger partial charge on any atom is -0.344 e. The first kappa shape index (κ1) is 14.7. The van der Waals surface area contributed by atoms with E-state index in [1.165, 1.54) is 19.4 Å². The van der Waals surface area contributed by atoms with E-state index in [1.54, 1.807) is 0 Å². The topological polar surface area (TPSA) is 35.6 Å². The van der Waals surface area contributed by atoms with Gasteiger partial charge in [0.15, 0.2) is 0 Å². The van der Waals surface area contributed by atoms with Crippen molar-refractivity contribution < 1.29 is 4.79 Å². The molecule has 4 nitrogen and oxygen atoms in total. The average Bonchev–Trinajstić information content (AvgIpc) is 2.62. The number of halogens is 1. The van der Waals surface area contributed by atoms with Gasteiger partial charge in [0.2, 0.25) is 5.91 Å². The number of hydrogen-bond donors (Lipinski definition) is 1. The van der Waals surface area contributed by atoms with Crippen molar-refractivity contribution in [2.45, 2.75) is 25.8 Å². The molecule has 1 atom stereocenters. The lowest BCUT2D eigenvalue weighted by atomic mass is 10.0. The van der Waals surface area contributed by atoms with E-state index in [2.05, 4.69) is 17.1 Å². The molecule has 1 unspecified atom stereocenters. The first-order valence-corrected chi connectivity index (χ1v) is 6.42. The molecule has 1 amide bonds. The maximum Gasteiger partial charge on any atom is 0.228 e. The van der Waals surface area contributed by atoms with E-state index < -0.39 is 0 Å². The van der Waals surface area contributed by atoms with Gasteiger partial charge in [-0.05, 0) is 25.9 Å². The second-order valence-electron chi connectivity index (χ2n) is 5.00. The molecule has 2 saturated heterocycles. The summed E-state index contributed by atoms with van der Waals surface area (Å²) in [5.74, 6) is 0.559. The fraction of sp³-hybridized carbons (Fsp3) is 0.917. The molecule has 2 aliphatic rings. The SMILES string of the molecule is CCN1CCCC1CN(C)C(=O)C1CNC1.Cl. The lowest BCUT2D eigenvalue weighted by molar-refractivity contribution is -0.136. The molecule has 0 aromatic heterocycles. The van der Waals surface area contributed by atoms with E-state index in [-0.39, 0.29) is 18.3 Å². The zero-order valence-electron chi connectivity index (χ0n) is 10.8. The molecule has 2 fully saturated rings. The van der Waals surface area contributed by atoms with Crippen LogP contribution < -0.4 is 5.32 Å². The second-order valence-corrected chi connectivity index (χ2v) is 5.00. The smallest absolute Gasteiger partial charge is 0.228 e. The predicted octanol–water partition coefficient (Wildman–Crippen LogP) is 0.570. The number of carbonyl (C=O) groups is 1. The van der Waals surface area contributed by atoms with Gasteiger partial charge in [-0.3, -0.25) is 9.69 Å². The minimum atomic E-state index is 0. The van der Waals surface area contributed by atoms with Crippen LogP contribution in [0.2, 0.25) is 0 Å². The zero-order valence-corrected chi connectivity index (χ0v) is 11.6. The summed E-state index contributed by atoms with van der Waals surface area (Å²) in [6.07, 6.45) is 2.53. The molecule has 2 heterocycles. The van der Waals surface area contributed by atoms with E-state index in [0.29, 0.717) is 11.9 Å². The van der Waals surface area contributed by atoms with E-state index in [9.17, 15) is 4.79 Å². The lowest BCUT2D eigenvalue weighted by Crippen LogP contribution is -2.53. The summed E-state index contributed by atoms with van der Waals surface area (Å²) in [6, 6.07) is 0.590. The Labute approximate surface area is 110 Å². The van der Waals surface area contributed by atoms with Crippen LogP contribution in [-0.2, 0) is 4.79 Å². The van der Waals surface area contributed by atoms with Gasteiger partial charge in [0, 0.05) is 32.7 Å². The van der Waals surface area contributed by atoms with Gasteiger partial charge in [0.05, 0.1) is 5.92 Å². The van der Waals surface area contributed by atoms with Crippen molar-refractivity contribution in [3.05, 3.63) is 0 Å². The van der Waals surface area contributed by atoms with E-state index >= 15 is 0 Å². The Morgan fingerprint density at radius 2 is 2.18 bits per heavy atom. The number of nitrogens with zero attached hydrogens (tertiary/aromatic N) is 2. The van der Waals surface area contributed by atoms with E-state index in [1.807, 2.05) is 11.9 Å². The Morgan fingerprint density at radius 3 is 2.71 bits per heavy atom. The molecule has 17 heavy (non-hydrogen) atoms. The monoisotopic (exact) mass is 261 g/mol. The van der Waals surface area contributed by atoms with Gasteiger partial charge in [0.1, 0.15) is 0 Å². The van der Waals surface area contributed by atoms with Crippen LogP contribution in [0, 0.1) is 5.92 Å². The van der Waals surface area contributed by atoms with Crippen molar-refractivity contribution in [2.24, 2.45) is 5.92 Å². The standard InChI is InChI=1S/C12H23N3O.ClH/c1-3-15-6-4-5-11(15)9-14(2)12(16)10-7-13-8-10;/h10-11,13H,3-9H2,1-2H3;1H. The molecule has 0 bridgehead atoms. The first-order chi connectivity index (χ1) is 7.72. The van der Waals surface area contributed by atoms with Crippen molar-refractivity contribution in [1.29, 1.82) is 0 Å². The zero-order chi connectivity index (χ0) is 11.5. The summed E-state index contributed by atoms with van der Waals surface area (Å²) in [6.45, 7) is 7.15. The van der Waals surface area contributed by atoms with Crippen molar-refractivity contribution in [3.63, 3.8) is 0 Å². The van der Waals surface area contributed by atoms with Crippen LogP contribution in [0.5, 0.6) is 0 Å². The highest BCUT2D eigenvalue weighted by atomic mass is 35.5. The van der Waals surface area contributed by atoms with E-state index in [0.717, 1.165) is 26.2 Å². The fourth-order valence-electron chi connectivity index (χ4n) is 2.70. The number of rotatable bonds is 4. The molecule has 5 heteroatoms. The maximum atomic E-state index is 12.0. The number of hydrogen-bond acceptors (Lipinski definition) is 3. The van der Waals surface area contributed by atoms with Gasteiger partial charge in [0.25, 0.3) is 0 Å². The van der Waals surface area contributed by atoms with Crippen LogP contribution >= 0.6 is 12.4 Å². The molecule has 2 rings (SSSR count). The molecule has 0 spiro atoms. The molecule has 0 radical (unpaired) electrons. The van der Waals surface area contributed by atoms with Crippen LogP contribution in [0.15, 0.2) is 0 Å². The maximum absolute atomic E-state index is 12.0. The summed E-state index contributed by atoms with van der Waals surface area (Å²) >= 11 is 0. The Bertz CT molecular complexity index is 258. The molecule has 0 saturated carbocycles. The summed E-state index contributed by atoms with van der Waals surface area (Å²) in [5, 5.41) is 3.15. The van der Waals surface area contributed by atoms with Crippen LogP contribution in [-0.4, -0.2) is 61.5 Å². The second kappa shape index (κ2) is 6.57. The quantitative estimate of drug-likeness (QED) is 0.804. The van der Waals surface area contributed by atoms with Crippen molar-refractivity contribution >= 4 is 18.3 Å². The molecule has 100 valence electrons. The summed E-state index contributed by atoms with van der Waals surface area (Å²) in [5.41, 5.74) is 0. The van der Waals surface area contributed by atoms with Crippen LogP contribution in [0.4, 0.5) is 0 Å². The van der Waals surface area contributed by atoms with Gasteiger partial charge < -0.3 is 10.2 Å². The number of amides is 1. The minimum absolute atomic E-state index is 0. The predicted molar refractivity (Wildman–Crippen MR) is 71.5 cm³/mol. The van der Waals surface area contributed by atoms with Gasteiger partial charge in [-0.15, -0.1) is 12.4 Å². The summed E-state index contributed by atoms with van der Waals surface area (Å²) < 4.78 is 0. The van der Waals surface area contributed by atoms with Gasteiger partial charge >= 0.3 is 0 Å². The Kier molecular flexibility index (Phi) is 5.70. The lowest BCUT2D eigenvalue weighted by Gasteiger charge is -2.33. The molecule has 0 aliphatic carbocycles. The number of likely N-dealkylation sites (tertiary alicyclic amines) is 1. The van der Waals surface area contributed by atoms with Crippen molar-refractivity contribution in [1.82, 2.24) is 15.1 Å². The number of nitrogens with one attached hydrogen (secondary N) is 1. The molecule has 1 N–H and O–H groups in total. The Hall–Kier alpha value is -0.320. The highest BCUT2D eigenvalue weighted by molar-refractivity contribution is 5.85. The first-order valence-electron chi connectivity index (χ1n) is 6.42. The Morgan fingerprint density at radius 1 is 1.47 bits per heavy atom. The molecule has 2 aliphatic heterocycles.